The first-order valence-corrected chi connectivity index (χ1v) is 11.4. The maximum Gasteiger partial charge on any atom is 0.354 e. The van der Waals surface area contributed by atoms with Crippen LogP contribution in [0.2, 0.25) is 0 Å². The second kappa shape index (κ2) is 13.0. The maximum atomic E-state index is 13.0. The molecule has 0 radical (unpaired) electrons. The van der Waals surface area contributed by atoms with Crippen molar-refractivity contribution < 1.29 is 5.11 Å². The van der Waals surface area contributed by atoms with Gasteiger partial charge in [-0.05, 0) is 55.4 Å². The van der Waals surface area contributed by atoms with Gasteiger partial charge in [0.1, 0.15) is 0 Å². The minimum atomic E-state index is -0.636. The van der Waals surface area contributed by atoms with E-state index in [4.69, 9.17) is 16.7 Å². The molecule has 0 bridgehead atoms. The Morgan fingerprint density at radius 2 is 1.91 bits per heavy atom. The Balaban J connectivity index is 2.32. The number of aliphatic hydroxyl groups excluding tert-OH is 1. The van der Waals surface area contributed by atoms with E-state index in [2.05, 4.69) is 24.1 Å². The Bertz CT molecular complexity index is 1040. The summed E-state index contributed by atoms with van der Waals surface area (Å²) >= 11 is 6.09. The van der Waals surface area contributed by atoms with E-state index >= 15 is 0 Å². The van der Waals surface area contributed by atoms with E-state index in [0.29, 0.717) is 30.3 Å². The number of aliphatic hydroxyl groups is 1. The quantitative estimate of drug-likeness (QED) is 0.463. The smallest absolute Gasteiger partial charge is 0.354 e. The third-order valence-electron chi connectivity index (χ3n) is 4.74. The number of nitrogens with one attached hydrogen (secondary N) is 1. The molecule has 1 heterocycles. The van der Waals surface area contributed by atoms with E-state index in [1.807, 2.05) is 43.3 Å². The lowest BCUT2D eigenvalue weighted by atomic mass is 10.0. The van der Waals surface area contributed by atoms with Gasteiger partial charge in [0.25, 0.3) is 0 Å². The van der Waals surface area contributed by atoms with Crippen molar-refractivity contribution in [1.29, 1.82) is 0 Å². The molecule has 32 heavy (non-hydrogen) atoms. The number of nitrogens with zero attached hydrogens (tertiary/aromatic N) is 3. The summed E-state index contributed by atoms with van der Waals surface area (Å²) in [5, 5.41) is 12.8. The average Bonchev–Trinajstić information content (AvgIpc) is 2.74. The summed E-state index contributed by atoms with van der Waals surface area (Å²) in [6, 6.07) is 7.89. The Morgan fingerprint density at radius 3 is 2.53 bits per heavy atom. The number of aromatic nitrogens is 3. The van der Waals surface area contributed by atoms with Crippen LogP contribution in [-0.2, 0) is 19.5 Å². The van der Waals surface area contributed by atoms with Gasteiger partial charge in [0.2, 0.25) is 5.95 Å². The minimum Gasteiger partial charge on any atom is -0.396 e. The van der Waals surface area contributed by atoms with E-state index in [9.17, 15) is 9.59 Å². The van der Waals surface area contributed by atoms with Gasteiger partial charge in [0.05, 0.1) is 0 Å². The van der Waals surface area contributed by atoms with E-state index in [1.165, 1.54) is 10.1 Å². The molecule has 0 saturated heterocycles. The lowest BCUT2D eigenvalue weighted by Crippen LogP contribution is -2.42. The van der Waals surface area contributed by atoms with Gasteiger partial charge < -0.3 is 10.4 Å². The molecule has 0 amide bonds. The van der Waals surface area contributed by atoms with Crippen LogP contribution in [0.3, 0.4) is 0 Å². The molecule has 0 atom stereocenters. The molecule has 7 nitrogen and oxygen atoms in total. The van der Waals surface area contributed by atoms with Crippen molar-refractivity contribution in [2.75, 3.05) is 11.9 Å². The second-order valence-electron chi connectivity index (χ2n) is 7.99. The minimum absolute atomic E-state index is 0.112. The molecule has 174 valence electrons. The van der Waals surface area contributed by atoms with Crippen LogP contribution in [-0.4, -0.2) is 25.8 Å². The number of rotatable bonds is 12. The molecule has 2 N–H and O–H groups in total. The van der Waals surface area contributed by atoms with Crippen molar-refractivity contribution in [3.63, 3.8) is 0 Å². The highest BCUT2D eigenvalue weighted by molar-refractivity contribution is 6.31. The predicted molar refractivity (Wildman–Crippen MR) is 131 cm³/mol. The number of hydrogen-bond donors (Lipinski definition) is 2. The third-order valence-corrected chi connectivity index (χ3v) is 5.02. The van der Waals surface area contributed by atoms with Gasteiger partial charge >= 0.3 is 11.4 Å². The normalized spacial score (nSPS) is 12.1. The van der Waals surface area contributed by atoms with Crippen molar-refractivity contribution in [2.24, 2.45) is 5.92 Å². The molecular weight excluding hydrogens is 428 g/mol. The summed E-state index contributed by atoms with van der Waals surface area (Å²) in [5.74, 6) is 0.751. The van der Waals surface area contributed by atoms with Crippen LogP contribution >= 0.6 is 11.6 Å². The first-order chi connectivity index (χ1) is 15.3. The highest BCUT2D eigenvalue weighted by atomic mass is 35.5. The topological polar surface area (TPSA) is 89.2 Å². The fraction of sp³-hybridized carbons (Fsp3) is 0.458. The van der Waals surface area contributed by atoms with Crippen LogP contribution < -0.4 is 16.7 Å². The first kappa shape index (κ1) is 25.6. The molecule has 2 rings (SSSR count). The molecule has 0 unspecified atom stereocenters. The van der Waals surface area contributed by atoms with Gasteiger partial charge in [-0.1, -0.05) is 56.7 Å². The van der Waals surface area contributed by atoms with Crippen LogP contribution in [0.15, 0.2) is 57.1 Å². The lowest BCUT2D eigenvalue weighted by Gasteiger charge is -2.15. The molecule has 0 fully saturated rings. The molecule has 0 spiro atoms. The van der Waals surface area contributed by atoms with Gasteiger partial charge in [-0.25, -0.2) is 14.2 Å². The highest BCUT2D eigenvalue weighted by Gasteiger charge is 2.13. The molecule has 0 aliphatic carbocycles. The lowest BCUT2D eigenvalue weighted by molar-refractivity contribution is 0.276. The van der Waals surface area contributed by atoms with Crippen molar-refractivity contribution >= 4 is 23.2 Å². The van der Waals surface area contributed by atoms with E-state index in [1.54, 1.807) is 6.08 Å². The Hall–Kier alpha value is -2.64. The van der Waals surface area contributed by atoms with Crippen LogP contribution in [0.4, 0.5) is 11.6 Å². The van der Waals surface area contributed by atoms with Crippen molar-refractivity contribution in [3.05, 3.63) is 74.1 Å². The van der Waals surface area contributed by atoms with Crippen molar-refractivity contribution in [2.45, 2.75) is 59.5 Å². The summed E-state index contributed by atoms with van der Waals surface area (Å²) in [6.07, 6.45) is 8.24. The van der Waals surface area contributed by atoms with E-state index < -0.39 is 11.4 Å². The molecular formula is C24H33ClN4O3. The molecule has 1 aromatic carbocycles. The van der Waals surface area contributed by atoms with Crippen LogP contribution in [0.5, 0.6) is 0 Å². The number of hydrogen-bond acceptors (Lipinski definition) is 5. The fourth-order valence-corrected chi connectivity index (χ4v) is 3.48. The molecule has 0 aliphatic rings. The van der Waals surface area contributed by atoms with Gasteiger partial charge in [-0.3, -0.25) is 4.57 Å². The fourth-order valence-electron chi connectivity index (χ4n) is 3.23. The van der Waals surface area contributed by atoms with Gasteiger partial charge in [0.15, 0.2) is 0 Å². The summed E-state index contributed by atoms with van der Waals surface area (Å²) in [5.41, 5.74) is 0.872. The molecule has 0 aliphatic heterocycles. The SMILES string of the molecule is CC/C=C(Cl)\C=C/CCn1c(Nc2ccc(CC(C)C)cc2)nc(=O)n(CCCO)c1=O. The first-order valence-electron chi connectivity index (χ1n) is 11.1. The van der Waals surface area contributed by atoms with Gasteiger partial charge in [-0.15, -0.1) is 0 Å². The number of halogens is 1. The summed E-state index contributed by atoms with van der Waals surface area (Å²) in [7, 11) is 0. The zero-order valence-corrected chi connectivity index (χ0v) is 19.8. The molecule has 1 aromatic heterocycles. The standard InChI is InChI=1S/C24H33ClN4O3/c1-4-8-20(25)9-5-6-14-28-22(27-23(31)29(24(28)32)15-7-16-30)26-21-12-10-19(11-13-21)17-18(2)3/h5,8-13,18,30H,4,6-7,14-17H2,1-3H3,(H,26,27,31)/b9-5-,20-8+. The number of allylic oxidation sites excluding steroid dienone is 4. The van der Waals surface area contributed by atoms with E-state index in [0.717, 1.165) is 23.1 Å². The summed E-state index contributed by atoms with van der Waals surface area (Å²) in [6.45, 7) is 6.67. The molecule has 8 heteroatoms. The number of benzene rings is 1. The van der Waals surface area contributed by atoms with Crippen molar-refractivity contribution in [1.82, 2.24) is 14.1 Å². The van der Waals surface area contributed by atoms with E-state index in [-0.39, 0.29) is 19.1 Å². The zero-order chi connectivity index (χ0) is 23.5. The maximum absolute atomic E-state index is 13.0. The average molecular weight is 461 g/mol. The Kier molecular flexibility index (Phi) is 10.4. The summed E-state index contributed by atoms with van der Waals surface area (Å²) < 4.78 is 2.50. The van der Waals surface area contributed by atoms with Crippen molar-refractivity contribution in [3.8, 4) is 0 Å². The second-order valence-corrected chi connectivity index (χ2v) is 8.43. The number of anilines is 2. The third kappa shape index (κ3) is 7.80. The largest absolute Gasteiger partial charge is 0.396 e. The molecule has 2 aromatic rings. The zero-order valence-electron chi connectivity index (χ0n) is 19.1. The van der Waals surface area contributed by atoms with Crippen LogP contribution in [0.1, 0.15) is 45.6 Å². The Morgan fingerprint density at radius 1 is 1.19 bits per heavy atom. The van der Waals surface area contributed by atoms with Gasteiger partial charge in [-0.2, -0.15) is 4.98 Å². The summed E-state index contributed by atoms with van der Waals surface area (Å²) in [4.78, 5) is 29.6. The van der Waals surface area contributed by atoms with Crippen LogP contribution in [0.25, 0.3) is 0 Å². The Labute approximate surface area is 194 Å². The molecule has 0 saturated carbocycles. The van der Waals surface area contributed by atoms with Gasteiger partial charge in [0, 0.05) is 30.4 Å². The monoisotopic (exact) mass is 460 g/mol. The highest BCUT2D eigenvalue weighted by Crippen LogP contribution is 2.16. The van der Waals surface area contributed by atoms with Crippen LogP contribution in [0, 0.1) is 5.92 Å². The predicted octanol–water partition coefficient (Wildman–Crippen LogP) is 4.21.